The van der Waals surface area contributed by atoms with Crippen LogP contribution in [0.3, 0.4) is 0 Å². The number of likely N-dealkylation sites (tertiary alicyclic amines) is 2. The van der Waals surface area contributed by atoms with Crippen molar-refractivity contribution >= 4 is 5.91 Å². The monoisotopic (exact) mass is 267 g/mol. The fraction of sp³-hybridized carbons (Fsp3) is 0.933. The van der Waals surface area contributed by atoms with Crippen LogP contribution in [0.1, 0.15) is 45.4 Å². The Balaban J connectivity index is 1.81. The highest BCUT2D eigenvalue weighted by Crippen LogP contribution is 2.29. The Morgan fingerprint density at radius 3 is 2.84 bits per heavy atom. The molecule has 2 N–H and O–H groups in total. The van der Waals surface area contributed by atoms with Crippen molar-refractivity contribution in [3.05, 3.63) is 0 Å². The van der Waals surface area contributed by atoms with E-state index in [0.717, 1.165) is 32.4 Å². The maximum atomic E-state index is 12.4. The van der Waals surface area contributed by atoms with Crippen LogP contribution in [-0.4, -0.2) is 54.5 Å². The lowest BCUT2D eigenvalue weighted by molar-refractivity contribution is -0.135. The highest BCUT2D eigenvalue weighted by atomic mass is 16.2. The van der Waals surface area contributed by atoms with E-state index in [4.69, 9.17) is 5.73 Å². The smallest absolute Gasteiger partial charge is 0.223 e. The third-order valence-electron chi connectivity index (χ3n) is 4.98. The average Bonchev–Trinajstić information content (AvgIpc) is 2.79. The number of amides is 1. The molecule has 0 aromatic carbocycles. The van der Waals surface area contributed by atoms with E-state index in [1.165, 1.54) is 19.4 Å². The summed E-state index contributed by atoms with van der Waals surface area (Å²) in [5.41, 5.74) is 5.77. The summed E-state index contributed by atoms with van der Waals surface area (Å²) in [5, 5.41) is 0. The topological polar surface area (TPSA) is 49.6 Å². The Morgan fingerprint density at radius 1 is 1.37 bits per heavy atom. The number of nitrogens with zero attached hydrogens (tertiary/aromatic N) is 2. The molecule has 2 heterocycles. The molecule has 4 nitrogen and oxygen atoms in total. The number of nitrogens with two attached hydrogens (primary N) is 1. The molecule has 0 radical (unpaired) electrons. The van der Waals surface area contributed by atoms with E-state index < -0.39 is 0 Å². The van der Waals surface area contributed by atoms with Crippen LogP contribution in [0, 0.1) is 5.92 Å². The van der Waals surface area contributed by atoms with Crippen LogP contribution in [0.15, 0.2) is 0 Å². The summed E-state index contributed by atoms with van der Waals surface area (Å²) in [6.45, 7) is 5.98. The van der Waals surface area contributed by atoms with Crippen LogP contribution in [0.2, 0.25) is 0 Å². The first-order chi connectivity index (χ1) is 9.05. The normalized spacial score (nSPS) is 32.8. The van der Waals surface area contributed by atoms with E-state index in [-0.39, 0.29) is 5.54 Å². The Hall–Kier alpha value is -0.610. The fourth-order valence-electron chi connectivity index (χ4n) is 3.63. The van der Waals surface area contributed by atoms with Crippen molar-refractivity contribution in [3.8, 4) is 0 Å². The van der Waals surface area contributed by atoms with Crippen LogP contribution in [0.25, 0.3) is 0 Å². The molecular weight excluding hydrogens is 238 g/mol. The first-order valence-corrected chi connectivity index (χ1v) is 7.74. The molecule has 2 unspecified atom stereocenters. The molecule has 0 aromatic rings. The molecule has 4 heteroatoms. The number of hydrogen-bond donors (Lipinski definition) is 1. The van der Waals surface area contributed by atoms with Crippen molar-refractivity contribution in [3.63, 3.8) is 0 Å². The van der Waals surface area contributed by atoms with Crippen LogP contribution < -0.4 is 5.73 Å². The van der Waals surface area contributed by atoms with Gasteiger partial charge in [0.2, 0.25) is 5.91 Å². The summed E-state index contributed by atoms with van der Waals surface area (Å²) in [7, 11) is 2.18. The van der Waals surface area contributed by atoms with E-state index in [1.54, 1.807) is 0 Å². The zero-order valence-electron chi connectivity index (χ0n) is 12.5. The molecule has 2 atom stereocenters. The molecular formula is C15H29N3O. The molecule has 0 spiro atoms. The van der Waals surface area contributed by atoms with Crippen molar-refractivity contribution in [2.45, 2.75) is 51.0 Å². The molecule has 0 saturated carbocycles. The summed E-state index contributed by atoms with van der Waals surface area (Å²) < 4.78 is 0. The molecule has 1 amide bonds. The van der Waals surface area contributed by atoms with Gasteiger partial charge in [0.15, 0.2) is 0 Å². The minimum atomic E-state index is -0.0829. The van der Waals surface area contributed by atoms with Crippen molar-refractivity contribution < 1.29 is 4.79 Å². The van der Waals surface area contributed by atoms with Crippen LogP contribution in [0.5, 0.6) is 0 Å². The summed E-state index contributed by atoms with van der Waals surface area (Å²) in [6.07, 6.45) is 6.47. The first kappa shape index (κ1) is 14.8. The van der Waals surface area contributed by atoms with Crippen LogP contribution >= 0.6 is 0 Å². The lowest BCUT2D eigenvalue weighted by Gasteiger charge is -2.35. The minimum absolute atomic E-state index is 0.0829. The highest BCUT2D eigenvalue weighted by Gasteiger charge is 2.38. The molecule has 0 aliphatic carbocycles. The van der Waals surface area contributed by atoms with Gasteiger partial charge in [0.25, 0.3) is 0 Å². The van der Waals surface area contributed by atoms with Crippen LogP contribution in [-0.2, 0) is 4.79 Å². The fourth-order valence-corrected chi connectivity index (χ4v) is 3.63. The molecule has 0 aromatic heterocycles. The second-order valence-electron chi connectivity index (χ2n) is 6.66. The molecule has 2 aliphatic rings. The second kappa shape index (κ2) is 6.23. The Bertz CT molecular complexity index is 321. The summed E-state index contributed by atoms with van der Waals surface area (Å²) in [6, 6.07) is 0. The van der Waals surface area contributed by atoms with Gasteiger partial charge < -0.3 is 15.5 Å². The van der Waals surface area contributed by atoms with E-state index in [1.807, 2.05) is 4.90 Å². The Labute approximate surface area is 117 Å². The first-order valence-electron chi connectivity index (χ1n) is 7.74. The SMILES string of the molecule is CN1CCCC(CCC(=O)N2CCCC2(C)CN)C1. The van der Waals surface area contributed by atoms with Gasteiger partial charge in [-0.1, -0.05) is 0 Å². The van der Waals surface area contributed by atoms with Crippen molar-refractivity contribution in [2.24, 2.45) is 11.7 Å². The predicted octanol–water partition coefficient (Wildman–Crippen LogP) is 1.45. The number of rotatable bonds is 4. The third-order valence-corrected chi connectivity index (χ3v) is 4.98. The lowest BCUT2D eigenvalue weighted by Crippen LogP contribution is -2.50. The van der Waals surface area contributed by atoms with Gasteiger partial charge in [-0.05, 0) is 58.5 Å². The second-order valence-corrected chi connectivity index (χ2v) is 6.66. The van der Waals surface area contributed by atoms with E-state index in [0.29, 0.717) is 24.8 Å². The largest absolute Gasteiger partial charge is 0.336 e. The summed E-state index contributed by atoms with van der Waals surface area (Å²) in [5.74, 6) is 1.02. The zero-order valence-corrected chi connectivity index (χ0v) is 12.5. The van der Waals surface area contributed by atoms with Gasteiger partial charge in [0.05, 0.1) is 5.54 Å². The van der Waals surface area contributed by atoms with Gasteiger partial charge in [0.1, 0.15) is 0 Å². The molecule has 2 saturated heterocycles. The van der Waals surface area contributed by atoms with Gasteiger partial charge >= 0.3 is 0 Å². The number of carbonyl (C=O) groups is 1. The summed E-state index contributed by atoms with van der Waals surface area (Å²) >= 11 is 0. The quantitative estimate of drug-likeness (QED) is 0.838. The average molecular weight is 267 g/mol. The molecule has 0 bridgehead atoms. The molecule has 2 fully saturated rings. The number of carbonyl (C=O) groups excluding carboxylic acids is 1. The lowest BCUT2D eigenvalue weighted by atomic mass is 9.93. The van der Waals surface area contributed by atoms with Crippen molar-refractivity contribution in [1.29, 1.82) is 0 Å². The molecule has 110 valence electrons. The highest BCUT2D eigenvalue weighted by molar-refractivity contribution is 5.77. The Kier molecular flexibility index (Phi) is 4.85. The van der Waals surface area contributed by atoms with Gasteiger partial charge in [-0.15, -0.1) is 0 Å². The summed E-state index contributed by atoms with van der Waals surface area (Å²) in [4.78, 5) is 16.8. The zero-order chi connectivity index (χ0) is 13.9. The minimum Gasteiger partial charge on any atom is -0.336 e. The van der Waals surface area contributed by atoms with Gasteiger partial charge in [-0.3, -0.25) is 4.79 Å². The molecule has 19 heavy (non-hydrogen) atoms. The van der Waals surface area contributed by atoms with Gasteiger partial charge in [-0.2, -0.15) is 0 Å². The molecule has 2 rings (SSSR count). The molecule has 2 aliphatic heterocycles. The standard InChI is InChI=1S/C15H29N3O/c1-15(12-16)8-4-10-18(15)14(19)7-6-13-5-3-9-17(2)11-13/h13H,3-12,16H2,1-2H3. The number of hydrogen-bond acceptors (Lipinski definition) is 3. The van der Waals surface area contributed by atoms with Crippen LogP contribution in [0.4, 0.5) is 0 Å². The van der Waals surface area contributed by atoms with Crippen molar-refractivity contribution in [1.82, 2.24) is 9.80 Å². The van der Waals surface area contributed by atoms with Gasteiger partial charge in [0, 0.05) is 26.1 Å². The van der Waals surface area contributed by atoms with Gasteiger partial charge in [-0.25, -0.2) is 0 Å². The Morgan fingerprint density at radius 2 is 2.16 bits per heavy atom. The third kappa shape index (κ3) is 3.48. The van der Waals surface area contributed by atoms with E-state index in [2.05, 4.69) is 18.9 Å². The van der Waals surface area contributed by atoms with Crippen molar-refractivity contribution in [2.75, 3.05) is 33.2 Å². The maximum absolute atomic E-state index is 12.4. The maximum Gasteiger partial charge on any atom is 0.223 e. The number of piperidine rings is 1. The predicted molar refractivity (Wildman–Crippen MR) is 77.9 cm³/mol. The van der Waals surface area contributed by atoms with E-state index >= 15 is 0 Å². The van der Waals surface area contributed by atoms with E-state index in [9.17, 15) is 4.79 Å².